The molecule has 8 atom stereocenters. The molecular formula is C43H75NO12S. The highest BCUT2D eigenvalue weighted by atomic mass is 32.3. The first-order valence-electron chi connectivity index (χ1n) is 21.3. The summed E-state index contributed by atoms with van der Waals surface area (Å²) < 4.78 is 47.3. The summed E-state index contributed by atoms with van der Waals surface area (Å²) in [5.41, 5.74) is 0. The van der Waals surface area contributed by atoms with Crippen molar-refractivity contribution in [1.82, 2.24) is 5.32 Å². The molecule has 57 heavy (non-hydrogen) atoms. The molecule has 0 aliphatic carbocycles. The molecule has 1 amide bonds. The van der Waals surface area contributed by atoms with Gasteiger partial charge >= 0.3 is 10.4 Å². The summed E-state index contributed by atoms with van der Waals surface area (Å²) in [7, 11) is -5.13. The Bertz CT molecular complexity index is 1270. The van der Waals surface area contributed by atoms with Crippen LogP contribution in [0.5, 0.6) is 0 Å². The molecule has 1 rings (SSSR count). The molecule has 0 saturated carbocycles. The predicted octanol–water partition coefficient (Wildman–Crippen LogP) is 6.46. The van der Waals surface area contributed by atoms with Crippen molar-refractivity contribution >= 4 is 16.3 Å². The Balaban J connectivity index is 2.71. The number of amides is 1. The van der Waals surface area contributed by atoms with Gasteiger partial charge < -0.3 is 40.3 Å². The first-order chi connectivity index (χ1) is 27.4. The Morgan fingerprint density at radius 3 is 1.82 bits per heavy atom. The molecule has 0 aromatic carbocycles. The van der Waals surface area contributed by atoms with E-state index >= 15 is 0 Å². The maximum absolute atomic E-state index is 13.0. The first-order valence-corrected chi connectivity index (χ1v) is 22.7. The van der Waals surface area contributed by atoms with Crippen LogP contribution in [0.3, 0.4) is 0 Å². The van der Waals surface area contributed by atoms with Gasteiger partial charge in [-0.1, -0.05) is 132 Å². The van der Waals surface area contributed by atoms with Gasteiger partial charge in [-0.25, -0.2) is 4.18 Å². The van der Waals surface area contributed by atoms with E-state index in [0.717, 1.165) is 64.2 Å². The second kappa shape index (κ2) is 33.6. The van der Waals surface area contributed by atoms with Gasteiger partial charge in [-0.2, -0.15) is 8.42 Å². The fourth-order valence-electron chi connectivity index (χ4n) is 6.19. The number of carbonyl (C=O) groups is 1. The van der Waals surface area contributed by atoms with Gasteiger partial charge in [-0.05, 0) is 70.6 Å². The average Bonchev–Trinajstić information content (AvgIpc) is 3.18. The van der Waals surface area contributed by atoms with E-state index in [1.165, 1.54) is 51.0 Å². The number of unbranched alkanes of at least 4 members (excludes halogenated alkanes) is 14. The molecule has 1 fully saturated rings. The molecule has 1 saturated heterocycles. The summed E-state index contributed by atoms with van der Waals surface area (Å²) in [4.78, 5) is 13.0. The van der Waals surface area contributed by atoms with Crippen molar-refractivity contribution in [3.8, 4) is 0 Å². The van der Waals surface area contributed by atoms with Crippen LogP contribution in [0.15, 0.2) is 60.8 Å². The van der Waals surface area contributed by atoms with Crippen LogP contribution < -0.4 is 5.32 Å². The Hall–Kier alpha value is -2.24. The van der Waals surface area contributed by atoms with E-state index in [1.807, 2.05) is 0 Å². The van der Waals surface area contributed by atoms with Crippen LogP contribution in [0.4, 0.5) is 0 Å². The molecule has 1 heterocycles. The monoisotopic (exact) mass is 830 g/mol. The van der Waals surface area contributed by atoms with Gasteiger partial charge in [0.15, 0.2) is 6.29 Å². The molecule has 13 nitrogen and oxygen atoms in total. The summed E-state index contributed by atoms with van der Waals surface area (Å²) in [5.74, 6) is -0.733. The lowest BCUT2D eigenvalue weighted by Gasteiger charge is -2.41. The van der Waals surface area contributed by atoms with Crippen molar-refractivity contribution in [3.63, 3.8) is 0 Å². The standard InChI is InChI=1S/C43H75NO12S/c1-3-5-7-9-11-13-15-17-19-21-23-25-27-29-31-36(46)35(34-54-43-40(49)41(56-57(51,52)53)39(48)38(33-45)55-43)44-42(50)37(47)32-30-28-26-24-22-20-18-16-14-12-10-8-6-4-2/h12-16,18,21,23,29,31,35-41,43,45-49H,3-11,17,19-20,22,24-28,30,32-34H2,1-2H3,(H,44,50)(H,51,52,53)/b14-12-,15-13+,18-16-,23-21+,31-29+. The van der Waals surface area contributed by atoms with Crippen molar-refractivity contribution < 1.29 is 57.0 Å². The number of hydrogen-bond donors (Lipinski definition) is 7. The highest BCUT2D eigenvalue weighted by Crippen LogP contribution is 2.26. The van der Waals surface area contributed by atoms with Crippen molar-refractivity contribution in [1.29, 1.82) is 0 Å². The van der Waals surface area contributed by atoms with E-state index in [9.17, 15) is 38.7 Å². The number of carbonyl (C=O) groups excluding carboxylic acids is 1. The molecule has 7 N–H and O–H groups in total. The van der Waals surface area contributed by atoms with Gasteiger partial charge in [0.1, 0.15) is 30.5 Å². The molecule has 0 aromatic rings. The smallest absolute Gasteiger partial charge is 0.394 e. The zero-order valence-electron chi connectivity index (χ0n) is 34.5. The van der Waals surface area contributed by atoms with Crippen LogP contribution in [-0.4, -0.2) is 107 Å². The maximum atomic E-state index is 13.0. The maximum Gasteiger partial charge on any atom is 0.397 e. The fraction of sp³-hybridized carbons (Fsp3) is 0.744. The Labute approximate surface area is 342 Å². The minimum absolute atomic E-state index is 0.213. The Morgan fingerprint density at radius 1 is 0.719 bits per heavy atom. The van der Waals surface area contributed by atoms with Crippen LogP contribution in [0.1, 0.15) is 142 Å². The normalized spacial score (nSPS) is 22.4. The highest BCUT2D eigenvalue weighted by molar-refractivity contribution is 7.80. The van der Waals surface area contributed by atoms with E-state index in [1.54, 1.807) is 6.08 Å². The summed E-state index contributed by atoms with van der Waals surface area (Å²) in [6.07, 6.45) is 28.8. The number of hydrogen-bond acceptors (Lipinski definition) is 11. The third-order valence-electron chi connectivity index (χ3n) is 9.63. The number of nitrogens with one attached hydrogen (secondary N) is 1. The number of ether oxygens (including phenoxy) is 2. The third kappa shape index (κ3) is 26.5. The molecule has 1 aliphatic rings. The Kier molecular flexibility index (Phi) is 31.1. The number of aliphatic hydroxyl groups is 5. The van der Waals surface area contributed by atoms with Gasteiger partial charge in [0.05, 0.1) is 25.4 Å². The molecule has 0 radical (unpaired) electrons. The Morgan fingerprint density at radius 2 is 1.23 bits per heavy atom. The van der Waals surface area contributed by atoms with Crippen LogP contribution in [0.25, 0.3) is 0 Å². The fourth-order valence-corrected chi connectivity index (χ4v) is 6.69. The van der Waals surface area contributed by atoms with E-state index < -0.39 is 78.5 Å². The summed E-state index contributed by atoms with van der Waals surface area (Å²) >= 11 is 0. The summed E-state index contributed by atoms with van der Waals surface area (Å²) in [6.45, 7) is 3.10. The highest BCUT2D eigenvalue weighted by Gasteiger charge is 2.48. The minimum Gasteiger partial charge on any atom is -0.394 e. The molecule has 1 aliphatic heterocycles. The second-order valence-electron chi connectivity index (χ2n) is 14.7. The largest absolute Gasteiger partial charge is 0.397 e. The molecule has 0 aromatic heterocycles. The summed E-state index contributed by atoms with van der Waals surface area (Å²) in [6, 6.07) is -1.15. The predicted molar refractivity (Wildman–Crippen MR) is 223 cm³/mol. The molecule has 0 spiro atoms. The van der Waals surface area contributed by atoms with Crippen LogP contribution in [0, 0.1) is 0 Å². The average molecular weight is 830 g/mol. The van der Waals surface area contributed by atoms with Gasteiger partial charge in [-0.3, -0.25) is 9.35 Å². The van der Waals surface area contributed by atoms with Gasteiger partial charge in [0.2, 0.25) is 5.91 Å². The molecule has 0 bridgehead atoms. The topological polar surface area (TPSA) is 212 Å². The van der Waals surface area contributed by atoms with E-state index in [-0.39, 0.29) is 6.42 Å². The van der Waals surface area contributed by atoms with Crippen molar-refractivity contribution in [2.75, 3.05) is 13.2 Å². The lowest BCUT2D eigenvalue weighted by Crippen LogP contribution is -2.61. The van der Waals surface area contributed by atoms with E-state index in [4.69, 9.17) is 14.0 Å². The zero-order valence-corrected chi connectivity index (χ0v) is 35.3. The van der Waals surface area contributed by atoms with Crippen molar-refractivity contribution in [3.05, 3.63) is 60.8 Å². The number of rotatable bonds is 34. The van der Waals surface area contributed by atoms with E-state index in [2.05, 4.69) is 72.0 Å². The van der Waals surface area contributed by atoms with Crippen molar-refractivity contribution in [2.24, 2.45) is 0 Å². The number of aliphatic hydroxyl groups excluding tert-OH is 5. The molecule has 14 heteroatoms. The van der Waals surface area contributed by atoms with Crippen LogP contribution in [-0.2, 0) is 28.9 Å². The number of allylic oxidation sites excluding steroid dienone is 9. The van der Waals surface area contributed by atoms with Gasteiger partial charge in [0, 0.05) is 0 Å². The molecule has 330 valence electrons. The second-order valence-corrected chi connectivity index (χ2v) is 15.8. The lowest BCUT2D eigenvalue weighted by molar-refractivity contribution is -0.298. The van der Waals surface area contributed by atoms with Gasteiger partial charge in [0.25, 0.3) is 0 Å². The molecular weight excluding hydrogens is 755 g/mol. The first kappa shape index (κ1) is 52.8. The van der Waals surface area contributed by atoms with Crippen LogP contribution >= 0.6 is 0 Å². The van der Waals surface area contributed by atoms with Crippen LogP contribution in [0.2, 0.25) is 0 Å². The summed E-state index contributed by atoms with van der Waals surface area (Å²) in [5, 5.41) is 55.0. The van der Waals surface area contributed by atoms with Crippen molar-refractivity contribution in [2.45, 2.75) is 191 Å². The third-order valence-corrected chi connectivity index (χ3v) is 10.1. The van der Waals surface area contributed by atoms with E-state index in [0.29, 0.717) is 12.8 Å². The minimum atomic E-state index is -5.13. The lowest BCUT2D eigenvalue weighted by atomic mass is 9.99. The SMILES string of the molecule is CCCCC/C=C\C=C/CCCCCCCC(O)C(=O)NC(COC1OC(CO)C(O)C(OS(=O)(=O)O)C1O)C(O)/C=C/CC/C=C/CC/C=C/CCCCCC. The van der Waals surface area contributed by atoms with Gasteiger partial charge in [-0.15, -0.1) is 0 Å². The molecule has 8 unspecified atom stereocenters. The zero-order chi connectivity index (χ0) is 42.2. The quantitative estimate of drug-likeness (QED) is 0.0161.